The van der Waals surface area contributed by atoms with Crippen LogP contribution in [0, 0.1) is 6.92 Å². The molecule has 4 nitrogen and oxygen atoms in total. The normalized spacial score (nSPS) is 10.3. The number of ketones is 1. The summed E-state index contributed by atoms with van der Waals surface area (Å²) in [5.74, 6) is 0.627. The first-order chi connectivity index (χ1) is 8.11. The molecule has 17 heavy (non-hydrogen) atoms. The van der Waals surface area contributed by atoms with E-state index in [2.05, 4.69) is 5.10 Å². The second-order valence-corrected chi connectivity index (χ2v) is 3.86. The van der Waals surface area contributed by atoms with Gasteiger partial charge in [0.25, 0.3) is 0 Å². The number of methoxy groups -OCH3 is 1. The van der Waals surface area contributed by atoms with Gasteiger partial charge in [-0.3, -0.25) is 9.48 Å². The molecule has 1 heterocycles. The van der Waals surface area contributed by atoms with E-state index in [1.165, 1.54) is 0 Å². The van der Waals surface area contributed by atoms with E-state index in [9.17, 15) is 4.79 Å². The van der Waals surface area contributed by atoms with Crippen molar-refractivity contribution in [3.05, 3.63) is 47.3 Å². The summed E-state index contributed by atoms with van der Waals surface area (Å²) in [7, 11) is 3.35. The van der Waals surface area contributed by atoms with Crippen molar-refractivity contribution in [2.24, 2.45) is 7.05 Å². The summed E-state index contributed by atoms with van der Waals surface area (Å²) in [5, 5.41) is 4.16. The van der Waals surface area contributed by atoms with E-state index in [1.807, 2.05) is 13.0 Å². The van der Waals surface area contributed by atoms with E-state index >= 15 is 0 Å². The zero-order valence-corrected chi connectivity index (χ0v) is 10.1. The predicted molar refractivity (Wildman–Crippen MR) is 64.4 cm³/mol. The molecule has 0 saturated heterocycles. The van der Waals surface area contributed by atoms with Gasteiger partial charge in [0.2, 0.25) is 5.78 Å². The smallest absolute Gasteiger partial charge is 0.211 e. The molecule has 2 aromatic rings. The molecule has 0 saturated carbocycles. The van der Waals surface area contributed by atoms with Gasteiger partial charge in [-0.2, -0.15) is 5.10 Å². The van der Waals surface area contributed by atoms with Crippen LogP contribution in [0.15, 0.2) is 30.3 Å². The minimum atomic E-state index is -0.0491. The van der Waals surface area contributed by atoms with Gasteiger partial charge in [-0.1, -0.05) is 12.1 Å². The van der Waals surface area contributed by atoms with Crippen LogP contribution in [0.2, 0.25) is 0 Å². The van der Waals surface area contributed by atoms with Gasteiger partial charge >= 0.3 is 0 Å². The van der Waals surface area contributed by atoms with Crippen molar-refractivity contribution in [1.82, 2.24) is 9.78 Å². The van der Waals surface area contributed by atoms with Crippen molar-refractivity contribution in [1.29, 1.82) is 0 Å². The van der Waals surface area contributed by atoms with Gasteiger partial charge in [0.15, 0.2) is 0 Å². The molecule has 0 N–H and O–H groups in total. The molecule has 0 atom stereocenters. The van der Waals surface area contributed by atoms with Crippen molar-refractivity contribution in [3.63, 3.8) is 0 Å². The molecule has 0 aliphatic carbocycles. The number of carbonyl (C=O) groups is 1. The van der Waals surface area contributed by atoms with E-state index in [-0.39, 0.29) is 5.78 Å². The molecule has 0 bridgehead atoms. The lowest BCUT2D eigenvalue weighted by molar-refractivity contribution is 0.103. The Morgan fingerprint density at radius 3 is 2.71 bits per heavy atom. The number of carbonyl (C=O) groups excluding carboxylic acids is 1. The second kappa shape index (κ2) is 4.41. The molecule has 0 radical (unpaired) electrons. The number of ether oxygens (including phenoxy) is 1. The maximum atomic E-state index is 12.2. The van der Waals surface area contributed by atoms with E-state index < -0.39 is 0 Å². The molecular formula is C13H14N2O2. The molecule has 0 aliphatic heterocycles. The number of hydrogen-bond donors (Lipinski definition) is 0. The van der Waals surface area contributed by atoms with E-state index in [4.69, 9.17) is 4.74 Å². The van der Waals surface area contributed by atoms with Crippen LogP contribution in [0.5, 0.6) is 5.75 Å². The maximum Gasteiger partial charge on any atom is 0.211 e. The van der Waals surface area contributed by atoms with Crippen LogP contribution in [-0.2, 0) is 7.05 Å². The first kappa shape index (κ1) is 11.4. The number of hydrogen-bond acceptors (Lipinski definition) is 3. The predicted octanol–water partition coefficient (Wildman–Crippen LogP) is 1.97. The van der Waals surface area contributed by atoms with Gasteiger partial charge in [-0.25, -0.2) is 0 Å². The highest BCUT2D eigenvalue weighted by molar-refractivity contribution is 6.08. The minimum Gasteiger partial charge on any atom is -0.497 e. The minimum absolute atomic E-state index is 0.0491. The van der Waals surface area contributed by atoms with E-state index in [1.54, 1.807) is 43.1 Å². The fraction of sp³-hybridized carbons (Fsp3) is 0.231. The second-order valence-electron chi connectivity index (χ2n) is 3.86. The van der Waals surface area contributed by atoms with Crippen LogP contribution in [0.3, 0.4) is 0 Å². The standard InChI is InChI=1S/C13H14N2O2/c1-9-7-12(15(2)14-9)13(16)10-5-4-6-11(8-10)17-3/h4-8H,1-3H3. The lowest BCUT2D eigenvalue weighted by Gasteiger charge is -2.03. The third-order valence-electron chi connectivity index (χ3n) is 2.57. The average Bonchev–Trinajstić information content (AvgIpc) is 2.67. The Balaban J connectivity index is 2.40. The molecule has 0 amide bonds. The molecule has 1 aromatic carbocycles. The number of nitrogens with zero attached hydrogens (tertiary/aromatic N) is 2. The van der Waals surface area contributed by atoms with Gasteiger partial charge in [-0.15, -0.1) is 0 Å². The lowest BCUT2D eigenvalue weighted by atomic mass is 10.1. The van der Waals surface area contributed by atoms with Gasteiger partial charge < -0.3 is 4.74 Å². The fourth-order valence-electron chi connectivity index (χ4n) is 1.74. The molecule has 1 aromatic heterocycles. The molecular weight excluding hydrogens is 216 g/mol. The van der Waals surface area contributed by atoms with Crippen molar-refractivity contribution in [2.75, 3.05) is 7.11 Å². The summed E-state index contributed by atoms with van der Waals surface area (Å²) in [6.45, 7) is 1.86. The van der Waals surface area contributed by atoms with Crippen molar-refractivity contribution in [3.8, 4) is 5.75 Å². The zero-order chi connectivity index (χ0) is 12.4. The Hall–Kier alpha value is -2.10. The maximum absolute atomic E-state index is 12.2. The molecule has 0 aliphatic rings. The Kier molecular flexibility index (Phi) is 2.95. The van der Waals surface area contributed by atoms with E-state index in [0.29, 0.717) is 17.0 Å². The summed E-state index contributed by atoms with van der Waals surface area (Å²) < 4.78 is 6.70. The molecule has 2 rings (SSSR count). The summed E-state index contributed by atoms with van der Waals surface area (Å²) in [6.07, 6.45) is 0. The Morgan fingerprint density at radius 1 is 1.35 bits per heavy atom. The quantitative estimate of drug-likeness (QED) is 0.757. The SMILES string of the molecule is COc1cccc(C(=O)c2cc(C)nn2C)c1. The monoisotopic (exact) mass is 230 g/mol. The Labute approximate surface area is 99.8 Å². The summed E-state index contributed by atoms with van der Waals surface area (Å²) >= 11 is 0. The Bertz CT molecular complexity index is 558. The van der Waals surface area contributed by atoms with Gasteiger partial charge in [-0.05, 0) is 25.1 Å². The molecule has 0 fully saturated rings. The topological polar surface area (TPSA) is 44.1 Å². The van der Waals surface area contributed by atoms with Crippen molar-refractivity contribution >= 4 is 5.78 Å². The van der Waals surface area contributed by atoms with Crippen molar-refractivity contribution < 1.29 is 9.53 Å². The third-order valence-corrected chi connectivity index (χ3v) is 2.57. The van der Waals surface area contributed by atoms with Gasteiger partial charge in [0, 0.05) is 12.6 Å². The van der Waals surface area contributed by atoms with Crippen LogP contribution in [0.25, 0.3) is 0 Å². The molecule has 88 valence electrons. The summed E-state index contributed by atoms with van der Waals surface area (Å²) in [6, 6.07) is 8.89. The number of aromatic nitrogens is 2. The van der Waals surface area contributed by atoms with E-state index in [0.717, 1.165) is 5.69 Å². The largest absolute Gasteiger partial charge is 0.497 e. The molecule has 4 heteroatoms. The average molecular weight is 230 g/mol. The summed E-state index contributed by atoms with van der Waals surface area (Å²) in [5.41, 5.74) is 2.02. The summed E-state index contributed by atoms with van der Waals surface area (Å²) in [4.78, 5) is 12.2. The molecule has 0 unspecified atom stereocenters. The Morgan fingerprint density at radius 2 is 2.12 bits per heavy atom. The number of aryl methyl sites for hydroxylation is 2. The van der Waals surface area contributed by atoms with Crippen LogP contribution in [-0.4, -0.2) is 22.7 Å². The van der Waals surface area contributed by atoms with Crippen LogP contribution in [0.1, 0.15) is 21.7 Å². The van der Waals surface area contributed by atoms with Gasteiger partial charge in [0.1, 0.15) is 11.4 Å². The highest BCUT2D eigenvalue weighted by Gasteiger charge is 2.14. The van der Waals surface area contributed by atoms with Crippen LogP contribution in [0.4, 0.5) is 0 Å². The zero-order valence-electron chi connectivity index (χ0n) is 10.1. The molecule has 0 spiro atoms. The lowest BCUT2D eigenvalue weighted by Crippen LogP contribution is -2.08. The highest BCUT2D eigenvalue weighted by Crippen LogP contribution is 2.16. The first-order valence-electron chi connectivity index (χ1n) is 5.31. The first-order valence-corrected chi connectivity index (χ1v) is 5.31. The van der Waals surface area contributed by atoms with Crippen LogP contribution >= 0.6 is 0 Å². The van der Waals surface area contributed by atoms with Crippen molar-refractivity contribution in [2.45, 2.75) is 6.92 Å². The number of benzene rings is 1. The van der Waals surface area contributed by atoms with Crippen LogP contribution < -0.4 is 4.74 Å². The highest BCUT2D eigenvalue weighted by atomic mass is 16.5. The third kappa shape index (κ3) is 2.20. The fourth-order valence-corrected chi connectivity index (χ4v) is 1.74. The van der Waals surface area contributed by atoms with Gasteiger partial charge in [0.05, 0.1) is 12.8 Å². The number of rotatable bonds is 3.